The van der Waals surface area contributed by atoms with Crippen molar-refractivity contribution in [1.29, 1.82) is 0 Å². The van der Waals surface area contributed by atoms with Gasteiger partial charge in [-0.25, -0.2) is 9.36 Å². The van der Waals surface area contributed by atoms with E-state index in [1.54, 1.807) is 30.3 Å². The van der Waals surface area contributed by atoms with Crippen molar-refractivity contribution < 1.29 is 18.0 Å². The fourth-order valence-electron chi connectivity index (χ4n) is 4.72. The second-order valence-corrected chi connectivity index (χ2v) is 9.25. The van der Waals surface area contributed by atoms with Crippen LogP contribution >= 0.6 is 0 Å². The largest absolute Gasteiger partial charge is 0.433 e. The monoisotopic (exact) mass is 546 g/mol. The van der Waals surface area contributed by atoms with Gasteiger partial charge in [-0.2, -0.15) is 18.4 Å². The summed E-state index contributed by atoms with van der Waals surface area (Å²) >= 11 is 0. The van der Waals surface area contributed by atoms with Crippen LogP contribution < -0.4 is 5.69 Å². The molecule has 3 aromatic carbocycles. The molecule has 2 heterocycles. The molecule has 5 rings (SSSR count). The lowest BCUT2D eigenvalue weighted by atomic mass is 9.98. The number of nitrogens with zero attached hydrogens (tertiary/aromatic N) is 5. The molecule has 0 radical (unpaired) electrons. The Morgan fingerprint density at radius 1 is 0.925 bits per heavy atom. The molecule has 40 heavy (non-hydrogen) atoms. The average molecular weight is 547 g/mol. The number of aromatic amines is 1. The summed E-state index contributed by atoms with van der Waals surface area (Å²) in [5.41, 5.74) is 0.608. The summed E-state index contributed by atoms with van der Waals surface area (Å²) in [4.78, 5) is 26.7. The maximum atomic E-state index is 14.4. The van der Waals surface area contributed by atoms with Crippen LogP contribution in [0.25, 0.3) is 22.5 Å². The smallest absolute Gasteiger partial charge is 0.291 e. The Balaban J connectivity index is 1.56. The number of imidazole rings is 1. The molecule has 0 saturated heterocycles. The Morgan fingerprint density at radius 2 is 1.60 bits per heavy atom. The molecule has 0 fully saturated rings. The van der Waals surface area contributed by atoms with Crippen LogP contribution in [-0.2, 0) is 19.1 Å². The third kappa shape index (κ3) is 5.22. The topological polar surface area (TPSA) is 98.5 Å². The Morgan fingerprint density at radius 3 is 2.23 bits per heavy atom. The number of halogens is 3. The highest BCUT2D eigenvalue weighted by Gasteiger charge is 2.42. The molecule has 0 bridgehead atoms. The molecule has 0 saturated carbocycles. The first-order chi connectivity index (χ1) is 19.3. The Kier molecular flexibility index (Phi) is 7.45. The van der Waals surface area contributed by atoms with Crippen LogP contribution in [0.4, 0.5) is 13.2 Å². The number of tetrazole rings is 1. The Hall–Kier alpha value is -4.80. The van der Waals surface area contributed by atoms with Crippen molar-refractivity contribution in [3.8, 4) is 22.5 Å². The lowest BCUT2D eigenvalue weighted by Crippen LogP contribution is -2.32. The van der Waals surface area contributed by atoms with E-state index >= 15 is 0 Å². The number of hydrogen-bond donors (Lipinski definition) is 1. The lowest BCUT2D eigenvalue weighted by Gasteiger charge is -2.13. The van der Waals surface area contributed by atoms with Gasteiger partial charge in [0, 0.05) is 11.1 Å². The average Bonchev–Trinajstić information content (AvgIpc) is 3.59. The summed E-state index contributed by atoms with van der Waals surface area (Å²) in [6, 6.07) is 22.1. The summed E-state index contributed by atoms with van der Waals surface area (Å²) < 4.78 is 44.5. The van der Waals surface area contributed by atoms with Gasteiger partial charge >= 0.3 is 11.9 Å². The van der Waals surface area contributed by atoms with Crippen molar-refractivity contribution in [3.05, 3.63) is 112 Å². The first-order valence-electron chi connectivity index (χ1n) is 12.7. The zero-order chi connectivity index (χ0) is 28.3. The maximum absolute atomic E-state index is 14.4. The molecule has 8 nitrogen and oxygen atoms in total. The number of carbonyl (C=O) groups is 1. The number of benzene rings is 3. The molecule has 0 aliphatic rings. The van der Waals surface area contributed by atoms with Gasteiger partial charge in [-0.05, 0) is 46.9 Å². The summed E-state index contributed by atoms with van der Waals surface area (Å²) in [5.74, 6) is -0.584. The van der Waals surface area contributed by atoms with Crippen LogP contribution in [0.15, 0.2) is 83.7 Å². The van der Waals surface area contributed by atoms with Crippen molar-refractivity contribution in [2.75, 3.05) is 0 Å². The predicted octanol–water partition coefficient (Wildman–Crippen LogP) is 5.60. The fourth-order valence-corrected chi connectivity index (χ4v) is 4.72. The lowest BCUT2D eigenvalue weighted by molar-refractivity contribution is -0.143. The fraction of sp³-hybridized carbons (Fsp3) is 0.207. The molecule has 0 spiro atoms. The molecule has 11 heteroatoms. The van der Waals surface area contributed by atoms with Gasteiger partial charge < -0.3 is 0 Å². The van der Waals surface area contributed by atoms with E-state index in [-0.39, 0.29) is 28.8 Å². The van der Waals surface area contributed by atoms with E-state index < -0.39 is 23.5 Å². The number of unbranched alkanes of at least 4 members (excludes halogenated alkanes) is 1. The van der Waals surface area contributed by atoms with Crippen LogP contribution in [0, 0.1) is 0 Å². The van der Waals surface area contributed by atoms with Gasteiger partial charge in [-0.1, -0.05) is 80.1 Å². The third-order valence-corrected chi connectivity index (χ3v) is 6.62. The molecule has 204 valence electrons. The number of nitrogens with one attached hydrogen (secondary N) is 1. The normalized spacial score (nSPS) is 11.6. The highest BCUT2D eigenvalue weighted by Crippen LogP contribution is 2.34. The molecule has 0 atom stereocenters. The van der Waals surface area contributed by atoms with Crippen LogP contribution in [0.1, 0.15) is 47.1 Å². The van der Waals surface area contributed by atoms with Gasteiger partial charge in [0.15, 0.2) is 5.69 Å². The van der Waals surface area contributed by atoms with E-state index in [0.717, 1.165) is 21.3 Å². The first kappa shape index (κ1) is 26.8. The van der Waals surface area contributed by atoms with Gasteiger partial charge in [0.25, 0.3) is 5.91 Å². The van der Waals surface area contributed by atoms with Gasteiger partial charge in [0.1, 0.15) is 0 Å². The molecular weight excluding hydrogens is 521 g/mol. The highest BCUT2D eigenvalue weighted by molar-refractivity contribution is 5.96. The summed E-state index contributed by atoms with van der Waals surface area (Å²) in [7, 11) is 0. The van der Waals surface area contributed by atoms with Crippen molar-refractivity contribution in [2.24, 2.45) is 0 Å². The minimum atomic E-state index is -4.90. The molecular formula is C29H25F3N6O2. The summed E-state index contributed by atoms with van der Waals surface area (Å²) in [6.07, 6.45) is -3.85. The van der Waals surface area contributed by atoms with Crippen molar-refractivity contribution >= 4 is 5.91 Å². The SMILES string of the molecule is CCCCc1c(C(F)(F)F)n(C(=O)c2ccccc2)c(=O)n1Cc1ccc(-c2ccccc2-c2nn[nH]n2)cc1. The number of aromatic nitrogens is 6. The van der Waals surface area contributed by atoms with Crippen LogP contribution in [0.3, 0.4) is 0 Å². The minimum Gasteiger partial charge on any atom is -0.291 e. The Bertz CT molecular complexity index is 1670. The maximum Gasteiger partial charge on any atom is 0.433 e. The van der Waals surface area contributed by atoms with E-state index in [9.17, 15) is 22.8 Å². The van der Waals surface area contributed by atoms with Gasteiger partial charge in [0.05, 0.1) is 12.2 Å². The van der Waals surface area contributed by atoms with Crippen LogP contribution in [0.2, 0.25) is 0 Å². The summed E-state index contributed by atoms with van der Waals surface area (Å²) in [6.45, 7) is 1.73. The second-order valence-electron chi connectivity index (χ2n) is 9.25. The molecule has 5 aromatic rings. The molecule has 1 N–H and O–H groups in total. The van der Waals surface area contributed by atoms with Gasteiger partial charge in [-0.15, -0.1) is 10.2 Å². The molecule has 0 amide bonds. The number of H-pyrrole nitrogens is 1. The van der Waals surface area contributed by atoms with Crippen molar-refractivity contribution in [1.82, 2.24) is 29.8 Å². The first-order valence-corrected chi connectivity index (χ1v) is 12.7. The van der Waals surface area contributed by atoms with Crippen LogP contribution in [0.5, 0.6) is 0 Å². The number of alkyl halides is 3. The predicted molar refractivity (Wildman–Crippen MR) is 143 cm³/mol. The van der Waals surface area contributed by atoms with E-state index in [0.29, 0.717) is 24.2 Å². The minimum absolute atomic E-state index is 0.00101. The summed E-state index contributed by atoms with van der Waals surface area (Å²) in [5, 5.41) is 14.1. The van der Waals surface area contributed by atoms with E-state index in [1.807, 2.05) is 43.3 Å². The highest BCUT2D eigenvalue weighted by atomic mass is 19.4. The van der Waals surface area contributed by atoms with E-state index in [4.69, 9.17) is 0 Å². The van der Waals surface area contributed by atoms with Gasteiger partial charge in [-0.3, -0.25) is 9.36 Å². The molecule has 0 unspecified atom stereocenters. The van der Waals surface area contributed by atoms with Crippen molar-refractivity contribution in [2.45, 2.75) is 38.9 Å². The molecule has 2 aromatic heterocycles. The molecule has 0 aliphatic carbocycles. The van der Waals surface area contributed by atoms with E-state index in [1.165, 1.54) is 12.1 Å². The van der Waals surface area contributed by atoms with Crippen molar-refractivity contribution in [3.63, 3.8) is 0 Å². The zero-order valence-corrected chi connectivity index (χ0v) is 21.5. The molecule has 0 aliphatic heterocycles. The number of rotatable bonds is 8. The van der Waals surface area contributed by atoms with Crippen LogP contribution in [-0.4, -0.2) is 35.7 Å². The second kappa shape index (κ2) is 11.1. The Labute approximate surface area is 227 Å². The standard InChI is InChI=1S/C29H25F3N6O2/c1-2-3-13-24-25(29(30,31)32)38(27(39)21-9-5-4-6-10-21)28(40)37(24)18-19-14-16-20(17-15-19)22-11-7-8-12-23(22)26-33-35-36-34-26/h4-12,14-17H,2-3,13,18H2,1H3,(H,33,34,35,36). The number of carbonyl (C=O) groups excluding carboxylic acids is 1. The van der Waals surface area contributed by atoms with Gasteiger partial charge in [0.2, 0.25) is 5.82 Å². The third-order valence-electron chi connectivity index (χ3n) is 6.62. The number of hydrogen-bond acceptors (Lipinski definition) is 5. The van der Waals surface area contributed by atoms with E-state index in [2.05, 4.69) is 20.6 Å². The zero-order valence-electron chi connectivity index (χ0n) is 21.5. The quantitative estimate of drug-likeness (QED) is 0.273.